The van der Waals surface area contributed by atoms with Crippen LogP contribution in [0.2, 0.25) is 0 Å². The van der Waals surface area contributed by atoms with Crippen LogP contribution in [0.25, 0.3) is 0 Å². The standard InChI is InChI=1S/C16H23N5O/c1-12-5-6-13(20(12)4)16(22)21-10-9-18(2)14(11-21)15-17-7-8-19(15)3/h5-8,14H,9-11H2,1-4H3/t14-/m1/s1. The van der Waals surface area contributed by atoms with Gasteiger partial charge in [-0.2, -0.15) is 0 Å². The molecule has 22 heavy (non-hydrogen) atoms. The van der Waals surface area contributed by atoms with Gasteiger partial charge in [0, 0.05) is 51.8 Å². The molecule has 0 N–H and O–H groups in total. The van der Waals surface area contributed by atoms with Crippen molar-refractivity contribution in [1.29, 1.82) is 0 Å². The van der Waals surface area contributed by atoms with Crippen molar-refractivity contribution < 1.29 is 4.79 Å². The number of aryl methyl sites for hydroxylation is 2. The second-order valence-electron chi connectivity index (χ2n) is 6.06. The van der Waals surface area contributed by atoms with E-state index in [0.717, 1.165) is 30.3 Å². The van der Waals surface area contributed by atoms with Crippen LogP contribution in [0.15, 0.2) is 24.5 Å². The number of imidazole rings is 1. The minimum atomic E-state index is 0.0999. The zero-order chi connectivity index (χ0) is 15.9. The molecule has 118 valence electrons. The van der Waals surface area contributed by atoms with Crippen LogP contribution in [0, 0.1) is 6.92 Å². The van der Waals surface area contributed by atoms with Crippen LogP contribution in [0.3, 0.4) is 0 Å². The van der Waals surface area contributed by atoms with Crippen molar-refractivity contribution in [1.82, 2.24) is 23.9 Å². The van der Waals surface area contributed by atoms with Crippen molar-refractivity contribution in [2.24, 2.45) is 14.1 Å². The average Bonchev–Trinajstić information content (AvgIpc) is 3.06. The maximum absolute atomic E-state index is 12.8. The number of hydrogen-bond donors (Lipinski definition) is 0. The van der Waals surface area contributed by atoms with Crippen molar-refractivity contribution in [2.45, 2.75) is 13.0 Å². The van der Waals surface area contributed by atoms with E-state index in [0.29, 0.717) is 6.54 Å². The van der Waals surface area contributed by atoms with E-state index in [1.54, 1.807) is 0 Å². The Bertz CT molecular complexity index is 687. The van der Waals surface area contributed by atoms with Crippen LogP contribution in [-0.4, -0.2) is 56.5 Å². The lowest BCUT2D eigenvalue weighted by atomic mass is 10.1. The molecule has 1 aliphatic rings. The number of likely N-dealkylation sites (N-methyl/N-ethyl adjacent to an activating group) is 1. The molecule has 3 rings (SSSR count). The van der Waals surface area contributed by atoms with Crippen LogP contribution in [0.4, 0.5) is 0 Å². The van der Waals surface area contributed by atoms with Gasteiger partial charge in [-0.1, -0.05) is 0 Å². The van der Waals surface area contributed by atoms with Gasteiger partial charge in [0.1, 0.15) is 11.5 Å². The minimum absolute atomic E-state index is 0.0999. The molecule has 1 amide bonds. The molecular formula is C16H23N5O. The monoisotopic (exact) mass is 301 g/mol. The van der Waals surface area contributed by atoms with Gasteiger partial charge in [0.2, 0.25) is 0 Å². The van der Waals surface area contributed by atoms with Crippen LogP contribution in [0.5, 0.6) is 0 Å². The Balaban J connectivity index is 1.83. The molecule has 6 heteroatoms. The van der Waals surface area contributed by atoms with Crippen LogP contribution in [0.1, 0.15) is 28.0 Å². The van der Waals surface area contributed by atoms with Gasteiger partial charge >= 0.3 is 0 Å². The van der Waals surface area contributed by atoms with Crippen molar-refractivity contribution in [3.8, 4) is 0 Å². The van der Waals surface area contributed by atoms with Gasteiger partial charge in [-0.25, -0.2) is 4.98 Å². The number of piperazine rings is 1. The minimum Gasteiger partial charge on any atom is -0.344 e. The summed E-state index contributed by atoms with van der Waals surface area (Å²) in [7, 11) is 6.03. The summed E-state index contributed by atoms with van der Waals surface area (Å²) in [6.07, 6.45) is 3.76. The predicted octanol–water partition coefficient (Wildman–Crippen LogP) is 1.20. The summed E-state index contributed by atoms with van der Waals surface area (Å²) in [5.41, 5.74) is 1.85. The zero-order valence-electron chi connectivity index (χ0n) is 13.7. The van der Waals surface area contributed by atoms with E-state index in [2.05, 4.69) is 16.9 Å². The average molecular weight is 301 g/mol. The number of hydrogen-bond acceptors (Lipinski definition) is 3. The number of nitrogens with zero attached hydrogens (tertiary/aromatic N) is 5. The molecule has 0 radical (unpaired) electrons. The highest BCUT2D eigenvalue weighted by molar-refractivity contribution is 5.93. The lowest BCUT2D eigenvalue weighted by Gasteiger charge is -2.39. The second kappa shape index (κ2) is 5.61. The molecule has 3 heterocycles. The summed E-state index contributed by atoms with van der Waals surface area (Å²) in [6.45, 7) is 4.29. The Morgan fingerprint density at radius 1 is 1.23 bits per heavy atom. The molecule has 6 nitrogen and oxygen atoms in total. The van der Waals surface area contributed by atoms with Gasteiger partial charge in [-0.3, -0.25) is 9.69 Å². The Morgan fingerprint density at radius 2 is 2.00 bits per heavy atom. The van der Waals surface area contributed by atoms with Gasteiger partial charge in [-0.05, 0) is 26.1 Å². The van der Waals surface area contributed by atoms with Gasteiger partial charge in [-0.15, -0.1) is 0 Å². The quantitative estimate of drug-likeness (QED) is 0.837. The van der Waals surface area contributed by atoms with E-state index >= 15 is 0 Å². The number of rotatable bonds is 2. The van der Waals surface area contributed by atoms with Crippen LogP contribution < -0.4 is 0 Å². The SMILES string of the molecule is Cc1ccc(C(=O)N2CCN(C)[C@@H](c3nccn3C)C2)n1C. The molecule has 0 unspecified atom stereocenters. The molecule has 1 fully saturated rings. The number of amides is 1. The molecule has 0 spiro atoms. The van der Waals surface area contributed by atoms with E-state index in [1.165, 1.54) is 0 Å². The molecule has 2 aromatic heterocycles. The topological polar surface area (TPSA) is 46.3 Å². The Hall–Kier alpha value is -2.08. The molecule has 0 aliphatic carbocycles. The smallest absolute Gasteiger partial charge is 0.270 e. The van der Waals surface area contributed by atoms with Crippen LogP contribution >= 0.6 is 0 Å². The van der Waals surface area contributed by atoms with Gasteiger partial charge in [0.25, 0.3) is 5.91 Å². The fourth-order valence-electron chi connectivity index (χ4n) is 3.03. The summed E-state index contributed by atoms with van der Waals surface area (Å²) in [5.74, 6) is 1.10. The van der Waals surface area contributed by atoms with E-state index in [1.807, 2.05) is 59.6 Å². The van der Waals surface area contributed by atoms with Gasteiger partial charge < -0.3 is 14.0 Å². The second-order valence-corrected chi connectivity index (χ2v) is 6.06. The number of carbonyl (C=O) groups excluding carboxylic acids is 1. The highest BCUT2D eigenvalue weighted by Gasteiger charge is 2.31. The summed E-state index contributed by atoms with van der Waals surface area (Å²) in [6, 6.07) is 4.03. The van der Waals surface area contributed by atoms with E-state index < -0.39 is 0 Å². The number of aromatic nitrogens is 3. The third-order valence-corrected chi connectivity index (χ3v) is 4.68. The van der Waals surface area contributed by atoms with Crippen molar-refractivity contribution in [3.05, 3.63) is 41.7 Å². The predicted molar refractivity (Wildman–Crippen MR) is 84.6 cm³/mol. The fourth-order valence-corrected chi connectivity index (χ4v) is 3.03. The maximum atomic E-state index is 12.8. The largest absolute Gasteiger partial charge is 0.344 e. The van der Waals surface area contributed by atoms with E-state index in [-0.39, 0.29) is 11.9 Å². The van der Waals surface area contributed by atoms with Crippen molar-refractivity contribution in [3.63, 3.8) is 0 Å². The summed E-state index contributed by atoms with van der Waals surface area (Å²) in [4.78, 5) is 21.5. The fraction of sp³-hybridized carbons (Fsp3) is 0.500. The first-order valence-corrected chi connectivity index (χ1v) is 7.58. The molecule has 1 atom stereocenters. The highest BCUT2D eigenvalue weighted by Crippen LogP contribution is 2.23. The molecule has 0 aromatic carbocycles. The number of carbonyl (C=O) groups is 1. The zero-order valence-corrected chi connectivity index (χ0v) is 13.7. The lowest BCUT2D eigenvalue weighted by molar-refractivity contribution is 0.0520. The first-order chi connectivity index (χ1) is 10.5. The Morgan fingerprint density at radius 3 is 2.59 bits per heavy atom. The molecule has 1 aliphatic heterocycles. The molecule has 2 aromatic rings. The first kappa shape index (κ1) is 14.8. The summed E-state index contributed by atoms with van der Waals surface area (Å²) in [5, 5.41) is 0. The Kier molecular flexibility index (Phi) is 3.78. The lowest BCUT2D eigenvalue weighted by Crippen LogP contribution is -2.49. The molecule has 0 bridgehead atoms. The normalized spacial score (nSPS) is 19.6. The first-order valence-electron chi connectivity index (χ1n) is 7.58. The van der Waals surface area contributed by atoms with Crippen LogP contribution in [-0.2, 0) is 14.1 Å². The summed E-state index contributed by atoms with van der Waals surface area (Å²) >= 11 is 0. The molecule has 1 saturated heterocycles. The maximum Gasteiger partial charge on any atom is 0.270 e. The van der Waals surface area contributed by atoms with Crippen molar-refractivity contribution >= 4 is 5.91 Å². The Labute approximate surface area is 131 Å². The third kappa shape index (κ3) is 2.43. The van der Waals surface area contributed by atoms with E-state index in [9.17, 15) is 4.79 Å². The third-order valence-electron chi connectivity index (χ3n) is 4.68. The molecular weight excluding hydrogens is 278 g/mol. The highest BCUT2D eigenvalue weighted by atomic mass is 16.2. The molecule has 0 saturated carbocycles. The summed E-state index contributed by atoms with van der Waals surface area (Å²) < 4.78 is 3.98. The van der Waals surface area contributed by atoms with Crippen molar-refractivity contribution in [2.75, 3.05) is 26.7 Å². The van der Waals surface area contributed by atoms with E-state index in [4.69, 9.17) is 0 Å². The van der Waals surface area contributed by atoms with Gasteiger partial charge in [0.15, 0.2) is 0 Å². The van der Waals surface area contributed by atoms with Gasteiger partial charge in [0.05, 0.1) is 6.04 Å².